The lowest BCUT2D eigenvalue weighted by molar-refractivity contribution is -0.116. The second kappa shape index (κ2) is 7.50. The zero-order chi connectivity index (χ0) is 13.4. The Morgan fingerprint density at radius 1 is 1.44 bits per heavy atom. The monoisotopic (exact) mass is 247 g/mol. The number of amides is 1. The Labute approximate surface area is 108 Å². The minimum atomic E-state index is -0.0730. The number of rotatable bonds is 6. The molecular formula is C14H21N3O. The predicted molar refractivity (Wildman–Crippen MR) is 76.1 cm³/mol. The standard InChI is InChI=1S/C14H21N3O/c1-17(2)10-4-9-16-14(18)8-7-12-5-3-6-13(15)11-12/h3,5-8,11H,4,9-10,15H2,1-2H3,(H,16,18)/b8-7+. The molecular weight excluding hydrogens is 226 g/mol. The Morgan fingerprint density at radius 3 is 2.89 bits per heavy atom. The van der Waals surface area contributed by atoms with Crippen LogP contribution in [0.1, 0.15) is 12.0 Å². The van der Waals surface area contributed by atoms with Crippen LogP contribution in [-0.4, -0.2) is 38.0 Å². The molecule has 1 amide bonds. The van der Waals surface area contributed by atoms with Gasteiger partial charge in [0.1, 0.15) is 0 Å². The second-order valence-corrected chi connectivity index (χ2v) is 4.45. The van der Waals surface area contributed by atoms with E-state index in [1.165, 1.54) is 6.08 Å². The van der Waals surface area contributed by atoms with E-state index in [0.29, 0.717) is 12.2 Å². The van der Waals surface area contributed by atoms with Crippen LogP contribution in [0.2, 0.25) is 0 Å². The molecule has 3 N–H and O–H groups in total. The van der Waals surface area contributed by atoms with Gasteiger partial charge in [0.25, 0.3) is 0 Å². The Balaban J connectivity index is 2.31. The molecule has 0 heterocycles. The van der Waals surface area contributed by atoms with Crippen LogP contribution in [-0.2, 0) is 4.79 Å². The molecule has 0 aliphatic rings. The third kappa shape index (κ3) is 6.06. The fourth-order valence-corrected chi connectivity index (χ4v) is 1.50. The molecule has 0 unspecified atom stereocenters. The average Bonchev–Trinajstić information content (AvgIpc) is 2.32. The first-order valence-electron chi connectivity index (χ1n) is 6.04. The molecule has 0 aliphatic heterocycles. The third-order valence-electron chi connectivity index (χ3n) is 2.42. The normalized spacial score (nSPS) is 11.1. The Hall–Kier alpha value is -1.81. The highest BCUT2D eigenvalue weighted by Crippen LogP contribution is 2.07. The van der Waals surface area contributed by atoms with Crippen LogP contribution in [0.15, 0.2) is 30.3 Å². The Morgan fingerprint density at radius 2 is 2.22 bits per heavy atom. The maximum absolute atomic E-state index is 11.5. The molecule has 0 atom stereocenters. The maximum atomic E-state index is 11.5. The summed E-state index contributed by atoms with van der Waals surface area (Å²) in [5.74, 6) is -0.0730. The van der Waals surface area contributed by atoms with Crippen LogP contribution in [0.25, 0.3) is 6.08 Å². The minimum absolute atomic E-state index is 0.0730. The molecule has 0 saturated heterocycles. The number of carbonyl (C=O) groups excluding carboxylic acids is 1. The number of nitrogens with one attached hydrogen (secondary N) is 1. The number of nitrogen functional groups attached to an aromatic ring is 1. The van der Waals surface area contributed by atoms with E-state index in [-0.39, 0.29) is 5.91 Å². The summed E-state index contributed by atoms with van der Waals surface area (Å²) >= 11 is 0. The molecule has 0 spiro atoms. The van der Waals surface area contributed by atoms with Crippen molar-refractivity contribution >= 4 is 17.7 Å². The molecule has 0 saturated carbocycles. The van der Waals surface area contributed by atoms with Gasteiger partial charge >= 0.3 is 0 Å². The largest absolute Gasteiger partial charge is 0.399 e. The van der Waals surface area contributed by atoms with E-state index in [9.17, 15) is 4.79 Å². The lowest BCUT2D eigenvalue weighted by Crippen LogP contribution is -2.25. The molecule has 1 aromatic rings. The molecule has 1 aromatic carbocycles. The zero-order valence-electron chi connectivity index (χ0n) is 11.0. The van der Waals surface area contributed by atoms with Crippen LogP contribution >= 0.6 is 0 Å². The predicted octanol–water partition coefficient (Wildman–Crippen LogP) is 1.35. The molecule has 98 valence electrons. The topological polar surface area (TPSA) is 58.4 Å². The van der Waals surface area contributed by atoms with E-state index in [1.807, 2.05) is 38.4 Å². The van der Waals surface area contributed by atoms with E-state index in [0.717, 1.165) is 18.5 Å². The number of hydrogen-bond donors (Lipinski definition) is 2. The number of anilines is 1. The highest BCUT2D eigenvalue weighted by molar-refractivity contribution is 5.91. The van der Waals surface area contributed by atoms with E-state index in [4.69, 9.17) is 5.73 Å². The van der Waals surface area contributed by atoms with E-state index in [1.54, 1.807) is 6.08 Å². The summed E-state index contributed by atoms with van der Waals surface area (Å²) in [5, 5.41) is 2.84. The average molecular weight is 247 g/mol. The van der Waals surface area contributed by atoms with Crippen molar-refractivity contribution in [3.8, 4) is 0 Å². The van der Waals surface area contributed by atoms with Gasteiger partial charge in [-0.1, -0.05) is 12.1 Å². The van der Waals surface area contributed by atoms with Crippen molar-refractivity contribution in [3.63, 3.8) is 0 Å². The maximum Gasteiger partial charge on any atom is 0.243 e. The Kier molecular flexibility index (Phi) is 5.94. The molecule has 0 aliphatic carbocycles. The van der Waals surface area contributed by atoms with Crippen molar-refractivity contribution in [1.82, 2.24) is 10.2 Å². The van der Waals surface area contributed by atoms with Crippen molar-refractivity contribution in [1.29, 1.82) is 0 Å². The number of benzene rings is 1. The number of nitrogens with two attached hydrogens (primary N) is 1. The van der Waals surface area contributed by atoms with Crippen molar-refractivity contribution in [2.75, 3.05) is 32.9 Å². The second-order valence-electron chi connectivity index (χ2n) is 4.45. The van der Waals surface area contributed by atoms with Gasteiger partial charge in [0.05, 0.1) is 0 Å². The van der Waals surface area contributed by atoms with Crippen LogP contribution in [0, 0.1) is 0 Å². The van der Waals surface area contributed by atoms with Gasteiger partial charge in [-0.25, -0.2) is 0 Å². The van der Waals surface area contributed by atoms with E-state index < -0.39 is 0 Å². The van der Waals surface area contributed by atoms with E-state index >= 15 is 0 Å². The lowest BCUT2D eigenvalue weighted by atomic mass is 10.2. The van der Waals surface area contributed by atoms with Crippen molar-refractivity contribution in [2.45, 2.75) is 6.42 Å². The number of nitrogens with zero attached hydrogens (tertiary/aromatic N) is 1. The number of carbonyl (C=O) groups is 1. The zero-order valence-corrected chi connectivity index (χ0v) is 11.0. The molecule has 4 heteroatoms. The summed E-state index contributed by atoms with van der Waals surface area (Å²) in [7, 11) is 4.03. The first-order valence-corrected chi connectivity index (χ1v) is 6.04. The third-order valence-corrected chi connectivity index (χ3v) is 2.42. The molecule has 0 bridgehead atoms. The lowest BCUT2D eigenvalue weighted by Gasteiger charge is -2.08. The highest BCUT2D eigenvalue weighted by Gasteiger charge is 1.96. The molecule has 4 nitrogen and oxygen atoms in total. The fourth-order valence-electron chi connectivity index (χ4n) is 1.50. The van der Waals surface area contributed by atoms with Crippen LogP contribution < -0.4 is 11.1 Å². The van der Waals surface area contributed by atoms with Crippen molar-refractivity contribution in [2.24, 2.45) is 0 Å². The smallest absolute Gasteiger partial charge is 0.243 e. The minimum Gasteiger partial charge on any atom is -0.399 e. The summed E-state index contributed by atoms with van der Waals surface area (Å²) in [6.45, 7) is 1.66. The summed E-state index contributed by atoms with van der Waals surface area (Å²) in [5.41, 5.74) is 7.28. The van der Waals surface area contributed by atoms with Gasteiger partial charge in [-0.3, -0.25) is 4.79 Å². The molecule has 0 aromatic heterocycles. The van der Waals surface area contributed by atoms with Gasteiger partial charge in [0.2, 0.25) is 5.91 Å². The molecule has 0 radical (unpaired) electrons. The van der Waals surface area contributed by atoms with Gasteiger partial charge in [-0.05, 0) is 50.8 Å². The summed E-state index contributed by atoms with van der Waals surface area (Å²) < 4.78 is 0. The quantitative estimate of drug-likeness (QED) is 0.453. The number of hydrogen-bond acceptors (Lipinski definition) is 3. The summed E-state index contributed by atoms with van der Waals surface area (Å²) in [6.07, 6.45) is 4.24. The summed E-state index contributed by atoms with van der Waals surface area (Å²) in [6, 6.07) is 7.42. The van der Waals surface area contributed by atoms with Gasteiger partial charge < -0.3 is 16.0 Å². The first-order chi connectivity index (χ1) is 8.58. The van der Waals surface area contributed by atoms with Crippen LogP contribution in [0.4, 0.5) is 5.69 Å². The van der Waals surface area contributed by atoms with E-state index in [2.05, 4.69) is 10.2 Å². The van der Waals surface area contributed by atoms with Gasteiger partial charge in [-0.15, -0.1) is 0 Å². The van der Waals surface area contributed by atoms with Gasteiger partial charge in [0, 0.05) is 18.3 Å². The first kappa shape index (κ1) is 14.3. The SMILES string of the molecule is CN(C)CCCNC(=O)/C=C/c1cccc(N)c1. The highest BCUT2D eigenvalue weighted by atomic mass is 16.1. The summed E-state index contributed by atoms with van der Waals surface area (Å²) in [4.78, 5) is 13.6. The molecule has 1 rings (SSSR count). The van der Waals surface area contributed by atoms with Gasteiger partial charge in [-0.2, -0.15) is 0 Å². The van der Waals surface area contributed by atoms with Crippen molar-refractivity contribution in [3.05, 3.63) is 35.9 Å². The van der Waals surface area contributed by atoms with Crippen molar-refractivity contribution < 1.29 is 4.79 Å². The Bertz CT molecular complexity index is 413. The molecule has 18 heavy (non-hydrogen) atoms. The van der Waals surface area contributed by atoms with Crippen LogP contribution in [0.3, 0.4) is 0 Å². The van der Waals surface area contributed by atoms with Crippen LogP contribution in [0.5, 0.6) is 0 Å². The molecule has 0 fully saturated rings. The fraction of sp³-hybridized carbons (Fsp3) is 0.357. The van der Waals surface area contributed by atoms with Gasteiger partial charge in [0.15, 0.2) is 0 Å².